The van der Waals surface area contributed by atoms with Crippen LogP contribution in [0, 0.1) is 12.7 Å². The molecule has 26 heavy (non-hydrogen) atoms. The Balaban J connectivity index is 1.67. The molecule has 0 spiro atoms. The van der Waals surface area contributed by atoms with E-state index in [0.717, 1.165) is 29.7 Å². The molecule has 1 aromatic carbocycles. The van der Waals surface area contributed by atoms with E-state index in [0.29, 0.717) is 23.6 Å². The second kappa shape index (κ2) is 6.40. The van der Waals surface area contributed by atoms with Gasteiger partial charge in [-0.1, -0.05) is 0 Å². The molecule has 1 saturated heterocycles. The molecule has 1 aliphatic heterocycles. The van der Waals surface area contributed by atoms with Crippen LogP contribution in [0.25, 0.3) is 10.9 Å². The standard InChI is InChI=1S/C19H20FN5O/c1-11-22-15(10-18(21-2)23-11)17-4-3-7-25(17)19(26)16-8-12-5-6-13(20)9-14(12)24-16/h5-6,8-10,17,24H,3-4,7H2,1-2H3,(H,21,22,23). The Labute approximate surface area is 150 Å². The number of hydrogen-bond acceptors (Lipinski definition) is 4. The summed E-state index contributed by atoms with van der Waals surface area (Å²) in [6, 6.07) is 8.05. The number of aromatic amines is 1. The van der Waals surface area contributed by atoms with Gasteiger partial charge in [-0.05, 0) is 44.0 Å². The van der Waals surface area contributed by atoms with Crippen LogP contribution in [0.1, 0.15) is 40.9 Å². The van der Waals surface area contributed by atoms with Gasteiger partial charge in [0.1, 0.15) is 23.2 Å². The molecular formula is C19H20FN5O. The summed E-state index contributed by atoms with van der Waals surface area (Å²) in [6.45, 7) is 2.52. The van der Waals surface area contributed by atoms with Crippen molar-refractivity contribution in [2.45, 2.75) is 25.8 Å². The third kappa shape index (κ3) is 2.89. The molecule has 0 bridgehead atoms. The molecule has 1 atom stereocenters. The number of nitrogens with one attached hydrogen (secondary N) is 2. The van der Waals surface area contributed by atoms with Gasteiger partial charge in [0.25, 0.3) is 5.91 Å². The molecule has 3 aromatic rings. The molecule has 2 N–H and O–H groups in total. The van der Waals surface area contributed by atoms with E-state index in [4.69, 9.17) is 0 Å². The fourth-order valence-electron chi connectivity index (χ4n) is 3.58. The van der Waals surface area contributed by atoms with E-state index < -0.39 is 0 Å². The Morgan fingerprint density at radius 3 is 2.96 bits per heavy atom. The molecule has 7 heteroatoms. The fraction of sp³-hybridized carbons (Fsp3) is 0.316. The molecule has 1 aliphatic rings. The summed E-state index contributed by atoms with van der Waals surface area (Å²) in [5.41, 5.74) is 1.94. The lowest BCUT2D eigenvalue weighted by molar-refractivity contribution is 0.0727. The highest BCUT2D eigenvalue weighted by molar-refractivity contribution is 5.98. The number of anilines is 1. The van der Waals surface area contributed by atoms with Crippen LogP contribution in [0.15, 0.2) is 30.3 Å². The van der Waals surface area contributed by atoms with Crippen LogP contribution in [0.3, 0.4) is 0 Å². The molecule has 4 rings (SSSR count). The molecule has 6 nitrogen and oxygen atoms in total. The van der Waals surface area contributed by atoms with Gasteiger partial charge in [0.2, 0.25) is 0 Å². The Morgan fingerprint density at radius 1 is 1.31 bits per heavy atom. The van der Waals surface area contributed by atoms with Crippen molar-refractivity contribution in [3.63, 3.8) is 0 Å². The van der Waals surface area contributed by atoms with Crippen molar-refractivity contribution in [3.05, 3.63) is 53.4 Å². The van der Waals surface area contributed by atoms with Crippen molar-refractivity contribution in [1.29, 1.82) is 0 Å². The molecule has 3 heterocycles. The van der Waals surface area contributed by atoms with Gasteiger partial charge in [-0.25, -0.2) is 14.4 Å². The van der Waals surface area contributed by atoms with Gasteiger partial charge in [-0.3, -0.25) is 4.79 Å². The third-order valence-corrected chi connectivity index (χ3v) is 4.78. The number of halogens is 1. The van der Waals surface area contributed by atoms with Gasteiger partial charge >= 0.3 is 0 Å². The fourth-order valence-corrected chi connectivity index (χ4v) is 3.58. The van der Waals surface area contributed by atoms with Crippen molar-refractivity contribution >= 4 is 22.6 Å². The molecule has 1 unspecified atom stereocenters. The average molecular weight is 353 g/mol. The molecule has 1 fully saturated rings. The number of aryl methyl sites for hydroxylation is 1. The Hall–Kier alpha value is -2.96. The summed E-state index contributed by atoms with van der Waals surface area (Å²) in [5.74, 6) is 1.000. The number of likely N-dealkylation sites (tertiary alicyclic amines) is 1. The highest BCUT2D eigenvalue weighted by Gasteiger charge is 2.32. The monoisotopic (exact) mass is 353 g/mol. The summed E-state index contributed by atoms with van der Waals surface area (Å²) in [7, 11) is 1.81. The highest BCUT2D eigenvalue weighted by Crippen LogP contribution is 2.33. The maximum Gasteiger partial charge on any atom is 0.270 e. The first-order chi connectivity index (χ1) is 12.5. The topological polar surface area (TPSA) is 73.9 Å². The molecule has 0 radical (unpaired) electrons. The number of aromatic nitrogens is 3. The number of carbonyl (C=O) groups is 1. The van der Waals surface area contributed by atoms with Crippen molar-refractivity contribution in [2.24, 2.45) is 0 Å². The van der Waals surface area contributed by atoms with Gasteiger partial charge in [0, 0.05) is 30.6 Å². The van der Waals surface area contributed by atoms with E-state index >= 15 is 0 Å². The zero-order chi connectivity index (χ0) is 18.3. The number of benzene rings is 1. The molecular weight excluding hydrogens is 333 g/mol. The number of fused-ring (bicyclic) bond motifs is 1. The van der Waals surface area contributed by atoms with Gasteiger partial charge in [-0.15, -0.1) is 0 Å². The van der Waals surface area contributed by atoms with Crippen LogP contribution in [-0.4, -0.2) is 39.4 Å². The summed E-state index contributed by atoms with van der Waals surface area (Å²) in [6.07, 6.45) is 1.78. The van der Waals surface area contributed by atoms with Crippen LogP contribution in [-0.2, 0) is 0 Å². The number of hydrogen-bond donors (Lipinski definition) is 2. The summed E-state index contributed by atoms with van der Waals surface area (Å²) >= 11 is 0. The number of amides is 1. The van der Waals surface area contributed by atoms with E-state index in [-0.39, 0.29) is 17.8 Å². The van der Waals surface area contributed by atoms with Crippen molar-refractivity contribution < 1.29 is 9.18 Å². The summed E-state index contributed by atoms with van der Waals surface area (Å²) < 4.78 is 13.4. The predicted molar refractivity (Wildman–Crippen MR) is 97.6 cm³/mol. The number of H-pyrrole nitrogens is 1. The second-order valence-corrected chi connectivity index (χ2v) is 6.55. The lowest BCUT2D eigenvalue weighted by atomic mass is 10.1. The Kier molecular flexibility index (Phi) is 4.06. The van der Waals surface area contributed by atoms with Crippen LogP contribution in [0.2, 0.25) is 0 Å². The van der Waals surface area contributed by atoms with Gasteiger partial charge in [0.05, 0.1) is 11.7 Å². The van der Waals surface area contributed by atoms with E-state index in [2.05, 4.69) is 20.3 Å². The van der Waals surface area contributed by atoms with Crippen molar-refractivity contribution in [3.8, 4) is 0 Å². The summed E-state index contributed by atoms with van der Waals surface area (Å²) in [5, 5.41) is 3.85. The Morgan fingerprint density at radius 2 is 2.15 bits per heavy atom. The molecule has 0 saturated carbocycles. The van der Waals surface area contributed by atoms with E-state index in [1.165, 1.54) is 12.1 Å². The molecule has 134 valence electrons. The average Bonchev–Trinajstić information content (AvgIpc) is 3.27. The lowest BCUT2D eigenvalue weighted by Gasteiger charge is -2.24. The highest BCUT2D eigenvalue weighted by atomic mass is 19.1. The number of carbonyl (C=O) groups excluding carboxylic acids is 1. The zero-order valence-corrected chi connectivity index (χ0v) is 14.7. The van der Waals surface area contributed by atoms with E-state index in [9.17, 15) is 9.18 Å². The minimum atomic E-state index is -0.326. The first kappa shape index (κ1) is 16.5. The van der Waals surface area contributed by atoms with Gasteiger partial charge in [-0.2, -0.15) is 0 Å². The van der Waals surface area contributed by atoms with Crippen LogP contribution in [0.5, 0.6) is 0 Å². The third-order valence-electron chi connectivity index (χ3n) is 4.78. The molecule has 0 aliphatic carbocycles. The minimum Gasteiger partial charge on any atom is -0.373 e. The van der Waals surface area contributed by atoms with Crippen molar-refractivity contribution in [2.75, 3.05) is 18.9 Å². The SMILES string of the molecule is CNc1cc(C2CCCN2C(=O)c2cc3ccc(F)cc3[nH]2)nc(C)n1. The number of nitrogens with zero attached hydrogens (tertiary/aromatic N) is 3. The van der Waals surface area contributed by atoms with Crippen molar-refractivity contribution in [1.82, 2.24) is 19.9 Å². The van der Waals surface area contributed by atoms with E-state index in [1.54, 1.807) is 12.1 Å². The van der Waals surface area contributed by atoms with Crippen LogP contribution >= 0.6 is 0 Å². The van der Waals surface area contributed by atoms with Gasteiger partial charge in [0.15, 0.2) is 0 Å². The van der Waals surface area contributed by atoms with Crippen LogP contribution in [0.4, 0.5) is 10.2 Å². The van der Waals surface area contributed by atoms with Gasteiger partial charge < -0.3 is 15.2 Å². The van der Waals surface area contributed by atoms with E-state index in [1.807, 2.05) is 24.9 Å². The molecule has 2 aromatic heterocycles. The second-order valence-electron chi connectivity index (χ2n) is 6.55. The quantitative estimate of drug-likeness (QED) is 0.757. The largest absolute Gasteiger partial charge is 0.373 e. The first-order valence-electron chi connectivity index (χ1n) is 8.68. The maximum absolute atomic E-state index is 13.4. The molecule has 1 amide bonds. The Bertz CT molecular complexity index is 983. The lowest BCUT2D eigenvalue weighted by Crippen LogP contribution is -2.31. The maximum atomic E-state index is 13.4. The summed E-state index contributed by atoms with van der Waals surface area (Å²) in [4.78, 5) is 26.8. The normalized spacial score (nSPS) is 17.0. The minimum absolute atomic E-state index is 0.0838. The number of rotatable bonds is 3. The first-order valence-corrected chi connectivity index (χ1v) is 8.68. The predicted octanol–water partition coefficient (Wildman–Crippen LogP) is 3.42. The van der Waals surface area contributed by atoms with Crippen LogP contribution < -0.4 is 5.32 Å². The smallest absolute Gasteiger partial charge is 0.270 e. The zero-order valence-electron chi connectivity index (χ0n) is 14.7.